The van der Waals surface area contributed by atoms with Crippen LogP contribution in [0.4, 0.5) is 0 Å². The monoisotopic (exact) mass is 327 g/mol. The van der Waals surface area contributed by atoms with Gasteiger partial charge in [0.1, 0.15) is 0 Å². The van der Waals surface area contributed by atoms with Gasteiger partial charge in [-0.05, 0) is 11.7 Å². The van der Waals surface area contributed by atoms with Gasteiger partial charge in [0.15, 0.2) is 0 Å². The van der Waals surface area contributed by atoms with Gasteiger partial charge in [-0.3, -0.25) is 0 Å². The first-order chi connectivity index (χ1) is 10.8. The molecule has 0 bridgehead atoms. The Kier molecular flexibility index (Phi) is 7.63. The maximum atomic E-state index is 5.93. The first kappa shape index (κ1) is 17.7. The fraction of sp³-hybridized carbons (Fsp3) is 0.250. The lowest BCUT2D eigenvalue weighted by Crippen LogP contribution is -2.26. The predicted octanol–water partition coefficient (Wildman–Crippen LogP) is 2.84. The summed E-state index contributed by atoms with van der Waals surface area (Å²) in [4.78, 5) is 0. The van der Waals surface area contributed by atoms with Crippen LogP contribution in [0, 0.1) is 0 Å². The van der Waals surface area contributed by atoms with Gasteiger partial charge in [-0.1, -0.05) is 60.7 Å². The third-order valence-electron chi connectivity index (χ3n) is 3.35. The van der Waals surface area contributed by atoms with Crippen molar-refractivity contribution in [1.29, 1.82) is 0 Å². The number of benzene rings is 2. The van der Waals surface area contributed by atoms with Crippen LogP contribution < -0.4 is 10.6 Å². The lowest BCUT2D eigenvalue weighted by Gasteiger charge is -2.28. The Balaban J connectivity index is 2.16. The van der Waals surface area contributed by atoms with Crippen LogP contribution in [-0.4, -0.2) is 40.8 Å². The normalized spacial score (nSPS) is 15.0. The first-order valence-corrected chi connectivity index (χ1v) is 9.87. The molecule has 2 nitrogen and oxygen atoms in total. The summed E-state index contributed by atoms with van der Waals surface area (Å²) in [5.41, 5.74) is 0.161. The molecule has 22 heavy (non-hydrogen) atoms. The zero-order valence-electron chi connectivity index (χ0n) is 12.9. The molecule has 2 aromatic rings. The van der Waals surface area contributed by atoms with Crippen molar-refractivity contribution in [1.82, 2.24) is 0 Å². The Bertz CT molecular complexity index is 542. The second-order valence-corrected chi connectivity index (χ2v) is 8.88. The van der Waals surface area contributed by atoms with E-state index in [0.29, 0.717) is 0 Å². The molecule has 3 atom stereocenters. The van der Waals surface area contributed by atoms with E-state index in [0.717, 1.165) is 6.16 Å². The zero-order chi connectivity index (χ0) is 15.8. The van der Waals surface area contributed by atoms with Crippen molar-refractivity contribution in [2.45, 2.75) is 5.56 Å². The third-order valence-corrected chi connectivity index (χ3v) is 7.83. The minimum absolute atomic E-state index is 0.161. The number of hydrogen-bond donors (Lipinski definition) is 0. The van der Waals surface area contributed by atoms with Crippen LogP contribution in [0.5, 0.6) is 0 Å². The maximum absolute atomic E-state index is 5.93. The van der Waals surface area contributed by atoms with Crippen LogP contribution in [0.25, 0.3) is 0 Å². The Morgan fingerprint density at radius 3 is 1.91 bits per heavy atom. The van der Waals surface area contributed by atoms with Crippen molar-refractivity contribution in [3.63, 3.8) is 0 Å². The van der Waals surface area contributed by atoms with Crippen LogP contribution in [0.2, 0.25) is 0 Å². The summed E-state index contributed by atoms with van der Waals surface area (Å²) < 4.78 is 11.5. The molecule has 0 amide bonds. The Morgan fingerprint density at radius 1 is 0.909 bits per heavy atom. The lowest BCUT2D eigenvalue weighted by atomic mass is 9.53. The molecular weight excluding hydrogens is 308 g/mol. The standard InChI is InChI=1S/C16H19B2O2P2/c1-19-21(14-9-5-3-6-10-14)13-16(18-17)22(20-2)15-11-7-4-8-12-15/h3-12,16H,13H2,1-2H3. The Morgan fingerprint density at radius 2 is 1.45 bits per heavy atom. The van der Waals surface area contributed by atoms with Gasteiger partial charge in [-0.25, -0.2) is 0 Å². The molecule has 6 heteroatoms. The van der Waals surface area contributed by atoms with E-state index in [4.69, 9.17) is 16.8 Å². The Labute approximate surface area is 137 Å². The first-order valence-electron chi connectivity index (χ1n) is 7.10. The van der Waals surface area contributed by atoms with Crippen molar-refractivity contribution >= 4 is 41.8 Å². The average molecular weight is 327 g/mol. The van der Waals surface area contributed by atoms with Crippen molar-refractivity contribution in [3.8, 4) is 0 Å². The zero-order valence-corrected chi connectivity index (χ0v) is 14.7. The fourth-order valence-electron chi connectivity index (χ4n) is 2.27. The molecule has 0 spiro atoms. The highest BCUT2D eigenvalue weighted by Crippen LogP contribution is 2.47. The van der Waals surface area contributed by atoms with Crippen LogP contribution in [0.15, 0.2) is 60.7 Å². The van der Waals surface area contributed by atoms with E-state index >= 15 is 0 Å². The number of hydrogen-bond acceptors (Lipinski definition) is 2. The molecular formula is C16H19B2O2P2. The topological polar surface area (TPSA) is 18.5 Å². The predicted molar refractivity (Wildman–Crippen MR) is 100 cm³/mol. The van der Waals surface area contributed by atoms with E-state index < -0.39 is 16.3 Å². The summed E-state index contributed by atoms with van der Waals surface area (Å²) in [6, 6.07) is 20.6. The summed E-state index contributed by atoms with van der Waals surface area (Å²) >= 11 is 0. The van der Waals surface area contributed by atoms with Crippen molar-refractivity contribution in [3.05, 3.63) is 60.7 Å². The molecule has 0 aliphatic rings. The molecule has 2 aromatic carbocycles. The molecule has 0 aliphatic heterocycles. The van der Waals surface area contributed by atoms with Gasteiger partial charge in [-0.15, -0.1) is 0 Å². The van der Waals surface area contributed by atoms with Crippen LogP contribution in [-0.2, 0) is 9.05 Å². The molecule has 111 valence electrons. The second kappa shape index (κ2) is 9.48. The molecule has 0 aliphatic carbocycles. The van der Waals surface area contributed by atoms with E-state index in [2.05, 4.69) is 24.3 Å². The highest BCUT2D eigenvalue weighted by molar-refractivity contribution is 7.67. The van der Waals surface area contributed by atoms with Gasteiger partial charge in [-0.2, -0.15) is 0 Å². The second-order valence-electron chi connectivity index (χ2n) is 4.68. The summed E-state index contributed by atoms with van der Waals surface area (Å²) in [6.45, 7) is 0. The van der Waals surface area contributed by atoms with Gasteiger partial charge in [0.05, 0.1) is 23.5 Å². The van der Waals surface area contributed by atoms with E-state index in [1.165, 1.54) is 10.6 Å². The van der Waals surface area contributed by atoms with Gasteiger partial charge in [0, 0.05) is 32.6 Å². The van der Waals surface area contributed by atoms with Crippen LogP contribution >= 0.6 is 16.3 Å². The molecule has 0 N–H and O–H groups in total. The fourth-order valence-corrected chi connectivity index (χ4v) is 6.33. The smallest absolute Gasteiger partial charge is 0.0685 e. The minimum atomic E-state index is -0.790. The highest BCUT2D eigenvalue weighted by atomic mass is 31.1. The molecule has 3 unspecified atom stereocenters. The van der Waals surface area contributed by atoms with Crippen LogP contribution in [0.1, 0.15) is 0 Å². The largest absolute Gasteiger partial charge is 0.358 e. The average Bonchev–Trinajstić information content (AvgIpc) is 2.60. The number of rotatable bonds is 8. The minimum Gasteiger partial charge on any atom is -0.358 e. The van der Waals surface area contributed by atoms with E-state index in [1.54, 1.807) is 21.4 Å². The van der Waals surface area contributed by atoms with Crippen molar-refractivity contribution in [2.75, 3.05) is 20.4 Å². The Hall–Kier alpha value is -0.650. The maximum Gasteiger partial charge on any atom is 0.0685 e. The van der Waals surface area contributed by atoms with Crippen LogP contribution in [0.3, 0.4) is 0 Å². The van der Waals surface area contributed by atoms with E-state index in [-0.39, 0.29) is 5.56 Å². The summed E-state index contributed by atoms with van der Waals surface area (Å²) in [5.74, 6) is 0. The molecule has 0 heterocycles. The van der Waals surface area contributed by atoms with Crippen molar-refractivity contribution in [2.24, 2.45) is 0 Å². The lowest BCUT2D eigenvalue weighted by molar-refractivity contribution is 0.460. The van der Waals surface area contributed by atoms with E-state index in [1.807, 2.05) is 36.4 Å². The molecule has 2 rings (SSSR count). The molecule has 0 aromatic heterocycles. The SMILES string of the molecule is [B][B]C(CP(OC)c1ccccc1)P(OC)c1ccccc1. The summed E-state index contributed by atoms with van der Waals surface area (Å²) in [6.07, 6.45) is 0.862. The van der Waals surface area contributed by atoms with Gasteiger partial charge in [0.25, 0.3) is 0 Å². The molecule has 0 saturated heterocycles. The van der Waals surface area contributed by atoms with Crippen molar-refractivity contribution < 1.29 is 9.05 Å². The molecule has 0 saturated carbocycles. The van der Waals surface area contributed by atoms with E-state index in [9.17, 15) is 0 Å². The molecule has 3 radical (unpaired) electrons. The third kappa shape index (κ3) is 4.67. The summed E-state index contributed by atoms with van der Waals surface area (Å²) in [5, 5.41) is 2.43. The van der Waals surface area contributed by atoms with Gasteiger partial charge >= 0.3 is 0 Å². The highest BCUT2D eigenvalue weighted by Gasteiger charge is 2.25. The van der Waals surface area contributed by atoms with Gasteiger partial charge in [0.2, 0.25) is 0 Å². The quantitative estimate of drug-likeness (QED) is 0.548. The molecule has 0 fully saturated rings. The van der Waals surface area contributed by atoms with Gasteiger partial charge < -0.3 is 9.05 Å². The summed E-state index contributed by atoms with van der Waals surface area (Å²) in [7, 11) is 9.73.